The monoisotopic (exact) mass is 398 g/mol. The Bertz CT molecular complexity index is 874. The van der Waals surface area contributed by atoms with Gasteiger partial charge in [-0.15, -0.1) is 0 Å². The van der Waals surface area contributed by atoms with Crippen LogP contribution in [0.25, 0.3) is 0 Å². The van der Waals surface area contributed by atoms with Gasteiger partial charge in [0, 0.05) is 11.2 Å². The topological polar surface area (TPSA) is 51.1 Å². The van der Waals surface area contributed by atoms with Crippen LogP contribution in [0, 0.1) is 5.92 Å². The Morgan fingerprint density at radius 3 is 2.44 bits per heavy atom. The van der Waals surface area contributed by atoms with Crippen LogP contribution in [0.5, 0.6) is 0 Å². The molecule has 1 fully saturated rings. The lowest BCUT2D eigenvalue weighted by Crippen LogP contribution is -2.40. The molecule has 0 spiro atoms. The lowest BCUT2D eigenvalue weighted by molar-refractivity contribution is -0.139. The first kappa shape index (κ1) is 19.5. The van der Waals surface area contributed by atoms with Gasteiger partial charge in [0.1, 0.15) is 12.1 Å². The molecule has 1 aromatic heterocycles. The van der Waals surface area contributed by atoms with E-state index < -0.39 is 29.8 Å². The molecule has 1 saturated carbocycles. The predicted molar refractivity (Wildman–Crippen MR) is 95.4 cm³/mol. The van der Waals surface area contributed by atoms with E-state index in [4.69, 9.17) is 11.6 Å². The van der Waals surface area contributed by atoms with Crippen molar-refractivity contribution in [3.05, 3.63) is 69.1 Å². The smallest absolute Gasteiger partial charge is 0.347 e. The fraction of sp³-hybridized carbons (Fsp3) is 0.368. The summed E-state index contributed by atoms with van der Waals surface area (Å²) in [5, 5.41) is 3.44. The number of nitrogens with zero attached hydrogens (tertiary/aromatic N) is 1. The number of carbonyl (C=O) groups is 1. The van der Waals surface area contributed by atoms with Crippen LogP contribution in [0.4, 0.5) is 13.2 Å². The summed E-state index contributed by atoms with van der Waals surface area (Å²) in [6.45, 7) is -0.473. The summed E-state index contributed by atoms with van der Waals surface area (Å²) in [6, 6.07) is 8.66. The molecule has 144 valence electrons. The van der Waals surface area contributed by atoms with Crippen LogP contribution in [0.1, 0.15) is 36.4 Å². The average molecular weight is 399 g/mol. The number of benzene rings is 1. The van der Waals surface area contributed by atoms with Gasteiger partial charge in [-0.05, 0) is 48.6 Å². The Balaban J connectivity index is 1.77. The summed E-state index contributed by atoms with van der Waals surface area (Å²) < 4.78 is 39.4. The quantitative estimate of drug-likeness (QED) is 0.821. The van der Waals surface area contributed by atoms with Gasteiger partial charge in [-0.2, -0.15) is 13.2 Å². The fourth-order valence-corrected chi connectivity index (χ4v) is 3.29. The Hall–Kier alpha value is -2.28. The number of amides is 1. The highest BCUT2D eigenvalue weighted by atomic mass is 35.5. The molecule has 1 aliphatic rings. The van der Waals surface area contributed by atoms with E-state index in [1.165, 1.54) is 6.20 Å². The highest BCUT2D eigenvalue weighted by Gasteiger charge is 2.34. The molecule has 0 saturated heterocycles. The van der Waals surface area contributed by atoms with Crippen molar-refractivity contribution in [3.8, 4) is 0 Å². The zero-order valence-corrected chi connectivity index (χ0v) is 15.1. The summed E-state index contributed by atoms with van der Waals surface area (Å²) in [5.41, 5.74) is -1.63. The van der Waals surface area contributed by atoms with Crippen LogP contribution in [-0.2, 0) is 17.5 Å². The van der Waals surface area contributed by atoms with Crippen LogP contribution in [0.3, 0.4) is 0 Å². The first-order valence-electron chi connectivity index (χ1n) is 8.57. The molecule has 4 nitrogen and oxygen atoms in total. The largest absolute Gasteiger partial charge is 0.421 e. The van der Waals surface area contributed by atoms with E-state index >= 15 is 0 Å². The van der Waals surface area contributed by atoms with Crippen molar-refractivity contribution in [2.45, 2.75) is 38.0 Å². The molecule has 3 rings (SSSR count). The Labute approximate surface area is 159 Å². The van der Waals surface area contributed by atoms with Crippen molar-refractivity contribution < 1.29 is 18.0 Å². The van der Waals surface area contributed by atoms with Crippen LogP contribution < -0.4 is 10.9 Å². The van der Waals surface area contributed by atoms with E-state index in [9.17, 15) is 22.8 Å². The number of rotatable bonds is 5. The van der Waals surface area contributed by atoms with Crippen molar-refractivity contribution in [2.75, 3.05) is 0 Å². The van der Waals surface area contributed by atoms with Crippen LogP contribution in [-0.4, -0.2) is 10.5 Å². The molecule has 0 radical (unpaired) electrons. The SMILES string of the molecule is O=C(Cn1cccc(C(F)(F)F)c1=O)NC(c1ccc(Cl)cc1)C1CCC1. The number of halogens is 4. The molecule has 8 heteroatoms. The summed E-state index contributed by atoms with van der Waals surface area (Å²) in [6.07, 6.45) is -0.599. The van der Waals surface area contributed by atoms with Crippen molar-refractivity contribution in [2.24, 2.45) is 5.92 Å². The molecule has 1 unspecified atom stereocenters. The Morgan fingerprint density at radius 2 is 1.89 bits per heavy atom. The maximum Gasteiger partial charge on any atom is 0.421 e. The second kappa shape index (κ2) is 7.76. The van der Waals surface area contributed by atoms with E-state index in [0.29, 0.717) is 11.1 Å². The van der Waals surface area contributed by atoms with E-state index in [1.807, 2.05) is 12.1 Å². The van der Waals surface area contributed by atoms with Gasteiger partial charge in [0.25, 0.3) is 5.56 Å². The van der Waals surface area contributed by atoms with Gasteiger partial charge < -0.3 is 9.88 Å². The van der Waals surface area contributed by atoms with E-state index in [2.05, 4.69) is 5.32 Å². The lowest BCUT2D eigenvalue weighted by Gasteiger charge is -2.34. The van der Waals surface area contributed by atoms with E-state index in [0.717, 1.165) is 35.5 Å². The molecule has 1 atom stereocenters. The molecular formula is C19H18ClF3N2O2. The molecule has 2 aromatic rings. The third-order valence-corrected chi connectivity index (χ3v) is 5.06. The maximum absolute atomic E-state index is 12.9. The second-order valence-electron chi connectivity index (χ2n) is 6.64. The second-order valence-corrected chi connectivity index (χ2v) is 7.08. The zero-order chi connectivity index (χ0) is 19.6. The van der Waals surface area contributed by atoms with Gasteiger partial charge in [0.2, 0.25) is 5.91 Å². The number of nitrogens with one attached hydrogen (secondary N) is 1. The molecular weight excluding hydrogens is 381 g/mol. The Kier molecular flexibility index (Phi) is 5.60. The van der Waals surface area contributed by atoms with Crippen molar-refractivity contribution in [3.63, 3.8) is 0 Å². The highest BCUT2D eigenvalue weighted by molar-refractivity contribution is 6.30. The summed E-state index contributed by atoms with van der Waals surface area (Å²) in [7, 11) is 0. The normalized spacial score (nSPS) is 15.9. The first-order chi connectivity index (χ1) is 12.8. The molecule has 27 heavy (non-hydrogen) atoms. The first-order valence-corrected chi connectivity index (χ1v) is 8.95. The Morgan fingerprint density at radius 1 is 1.22 bits per heavy atom. The summed E-state index contributed by atoms with van der Waals surface area (Å²) in [5.74, 6) is -0.253. The molecule has 1 aromatic carbocycles. The molecule has 0 bridgehead atoms. The molecule has 0 aliphatic heterocycles. The number of hydrogen-bond acceptors (Lipinski definition) is 2. The van der Waals surface area contributed by atoms with Crippen molar-refractivity contribution in [1.82, 2.24) is 9.88 Å². The van der Waals surface area contributed by atoms with Gasteiger partial charge in [-0.1, -0.05) is 30.2 Å². The van der Waals surface area contributed by atoms with Gasteiger partial charge in [0.15, 0.2) is 0 Å². The third-order valence-electron chi connectivity index (χ3n) is 4.81. The highest BCUT2D eigenvalue weighted by Crippen LogP contribution is 2.38. The minimum Gasteiger partial charge on any atom is -0.347 e. The standard InChI is InChI=1S/C19H18ClF3N2O2/c20-14-8-6-13(7-9-14)17(12-3-1-4-12)24-16(26)11-25-10-2-5-15(18(25)27)19(21,22)23/h2,5-10,12,17H,1,3-4,11H2,(H,24,26). The van der Waals surface area contributed by atoms with Gasteiger partial charge in [-0.25, -0.2) is 0 Å². The van der Waals surface area contributed by atoms with Crippen molar-refractivity contribution in [1.29, 1.82) is 0 Å². The predicted octanol–water partition coefficient (Wildman–Crippen LogP) is 4.18. The van der Waals surface area contributed by atoms with Crippen LogP contribution in [0.2, 0.25) is 5.02 Å². The van der Waals surface area contributed by atoms with E-state index in [1.54, 1.807) is 12.1 Å². The molecule has 1 N–H and O–H groups in total. The number of hydrogen-bond donors (Lipinski definition) is 1. The van der Waals surface area contributed by atoms with Crippen LogP contribution >= 0.6 is 11.6 Å². The lowest BCUT2D eigenvalue weighted by atomic mass is 9.77. The third kappa shape index (κ3) is 4.53. The molecule has 1 aliphatic carbocycles. The van der Waals surface area contributed by atoms with Gasteiger partial charge >= 0.3 is 6.18 Å². The van der Waals surface area contributed by atoms with Gasteiger partial charge in [-0.3, -0.25) is 9.59 Å². The number of alkyl halides is 3. The molecule has 1 heterocycles. The average Bonchev–Trinajstić information content (AvgIpc) is 2.54. The fourth-order valence-electron chi connectivity index (χ4n) is 3.17. The summed E-state index contributed by atoms with van der Waals surface area (Å²) in [4.78, 5) is 24.4. The zero-order valence-electron chi connectivity index (χ0n) is 14.3. The number of carbonyl (C=O) groups excluding carboxylic acids is 1. The number of pyridine rings is 1. The minimum absolute atomic E-state index is 0.258. The summed E-state index contributed by atoms with van der Waals surface area (Å²) >= 11 is 5.91. The van der Waals surface area contributed by atoms with Crippen LogP contribution in [0.15, 0.2) is 47.4 Å². The molecule has 1 amide bonds. The van der Waals surface area contributed by atoms with E-state index in [-0.39, 0.29) is 12.0 Å². The van der Waals surface area contributed by atoms with Crippen molar-refractivity contribution >= 4 is 17.5 Å². The van der Waals surface area contributed by atoms with Gasteiger partial charge in [0.05, 0.1) is 6.04 Å². The minimum atomic E-state index is -4.76. The maximum atomic E-state index is 12.9. The number of aromatic nitrogens is 1.